The van der Waals surface area contributed by atoms with Gasteiger partial charge in [0, 0.05) is 25.9 Å². The molecule has 13 heavy (non-hydrogen) atoms. The van der Waals surface area contributed by atoms with Crippen LogP contribution in [-0.2, 0) is 10.0 Å². The fourth-order valence-corrected chi connectivity index (χ4v) is 2.41. The van der Waals surface area contributed by atoms with Crippen molar-refractivity contribution in [1.29, 1.82) is 0 Å². The van der Waals surface area contributed by atoms with Gasteiger partial charge < -0.3 is 5.21 Å². The zero-order chi connectivity index (χ0) is 9.90. The zero-order valence-corrected chi connectivity index (χ0v) is 8.42. The van der Waals surface area contributed by atoms with Crippen LogP contribution in [0.4, 0.5) is 0 Å². The van der Waals surface area contributed by atoms with Crippen LogP contribution in [0.1, 0.15) is 19.8 Å². The number of nitrogens with zero attached hydrogens (tertiary/aromatic N) is 2. The van der Waals surface area contributed by atoms with Crippen molar-refractivity contribution in [2.75, 3.05) is 18.8 Å². The third kappa shape index (κ3) is 2.41. The second-order valence-corrected chi connectivity index (χ2v) is 5.22. The van der Waals surface area contributed by atoms with Crippen LogP contribution in [0.2, 0.25) is 0 Å². The van der Waals surface area contributed by atoms with Crippen molar-refractivity contribution in [1.82, 2.24) is 4.31 Å². The average molecular weight is 206 g/mol. The summed E-state index contributed by atoms with van der Waals surface area (Å²) in [4.78, 5) is 0. The topological polar surface area (TPSA) is 70.0 Å². The molecule has 1 aliphatic heterocycles. The molecule has 76 valence electrons. The number of oxime groups is 1. The maximum Gasteiger partial charge on any atom is 0.213 e. The van der Waals surface area contributed by atoms with Crippen molar-refractivity contribution in [3.63, 3.8) is 0 Å². The molecule has 0 amide bonds. The molecular formula is C7H14N2O3S. The third-order valence-electron chi connectivity index (χ3n) is 2.20. The summed E-state index contributed by atoms with van der Waals surface area (Å²) >= 11 is 0. The summed E-state index contributed by atoms with van der Waals surface area (Å²) in [6.45, 7) is 2.51. The van der Waals surface area contributed by atoms with E-state index in [9.17, 15) is 8.42 Å². The summed E-state index contributed by atoms with van der Waals surface area (Å²) in [7, 11) is -3.06. The van der Waals surface area contributed by atoms with E-state index in [1.165, 1.54) is 4.31 Å². The molecule has 6 heteroatoms. The fraction of sp³-hybridized carbons (Fsp3) is 0.857. The van der Waals surface area contributed by atoms with Crippen molar-refractivity contribution in [3.8, 4) is 0 Å². The van der Waals surface area contributed by atoms with Gasteiger partial charge in [0.1, 0.15) is 0 Å². The molecule has 1 saturated heterocycles. The van der Waals surface area contributed by atoms with E-state index in [2.05, 4.69) is 5.16 Å². The Morgan fingerprint density at radius 3 is 2.38 bits per heavy atom. The van der Waals surface area contributed by atoms with Crippen molar-refractivity contribution < 1.29 is 13.6 Å². The summed E-state index contributed by atoms with van der Waals surface area (Å²) in [5.41, 5.74) is 0.683. The first-order valence-corrected chi connectivity index (χ1v) is 5.88. The Bertz CT molecular complexity index is 287. The van der Waals surface area contributed by atoms with Crippen molar-refractivity contribution in [3.05, 3.63) is 0 Å². The maximum atomic E-state index is 11.4. The molecular weight excluding hydrogens is 192 g/mol. The average Bonchev–Trinajstić information content (AvgIpc) is 2.18. The summed E-state index contributed by atoms with van der Waals surface area (Å²) in [5.74, 6) is 0.138. The normalized spacial score (nSPS) is 20.2. The van der Waals surface area contributed by atoms with Gasteiger partial charge in [-0.15, -0.1) is 0 Å². The highest BCUT2D eigenvalue weighted by molar-refractivity contribution is 7.89. The molecule has 5 nitrogen and oxygen atoms in total. The van der Waals surface area contributed by atoms with Gasteiger partial charge in [-0.3, -0.25) is 0 Å². The number of sulfonamides is 1. The lowest BCUT2D eigenvalue weighted by Crippen LogP contribution is -2.39. The minimum atomic E-state index is -3.06. The molecule has 0 spiro atoms. The third-order valence-corrected chi connectivity index (χ3v) is 4.08. The molecule has 1 aliphatic rings. The highest BCUT2D eigenvalue weighted by Gasteiger charge is 2.24. The number of hydrogen-bond donors (Lipinski definition) is 1. The highest BCUT2D eigenvalue weighted by atomic mass is 32.2. The molecule has 0 atom stereocenters. The van der Waals surface area contributed by atoms with Gasteiger partial charge in [-0.25, -0.2) is 12.7 Å². The lowest BCUT2D eigenvalue weighted by molar-refractivity contribution is 0.310. The fourth-order valence-electron chi connectivity index (χ4n) is 1.31. The van der Waals surface area contributed by atoms with E-state index in [1.807, 2.05) is 0 Å². The van der Waals surface area contributed by atoms with Crippen LogP contribution in [-0.4, -0.2) is 42.5 Å². The van der Waals surface area contributed by atoms with E-state index in [1.54, 1.807) is 6.92 Å². The monoisotopic (exact) mass is 206 g/mol. The smallest absolute Gasteiger partial charge is 0.213 e. The zero-order valence-electron chi connectivity index (χ0n) is 7.60. The predicted octanol–water partition coefficient (Wildman–Crippen LogP) is 0.262. The Labute approximate surface area is 78.1 Å². The molecule has 0 aromatic heterocycles. The minimum absolute atomic E-state index is 0.138. The Hall–Kier alpha value is -0.620. The standard InChI is InChI=1S/C7H14N2O3S/c1-2-13(11,12)9-5-3-7(8-10)4-6-9/h10H,2-6H2,1H3. The van der Waals surface area contributed by atoms with Crippen LogP contribution < -0.4 is 0 Å². The van der Waals surface area contributed by atoms with E-state index < -0.39 is 10.0 Å². The van der Waals surface area contributed by atoms with Gasteiger partial charge in [-0.05, 0) is 6.92 Å². The van der Waals surface area contributed by atoms with E-state index in [0.29, 0.717) is 31.6 Å². The van der Waals surface area contributed by atoms with Crippen molar-refractivity contribution in [2.45, 2.75) is 19.8 Å². The molecule has 1 N–H and O–H groups in total. The summed E-state index contributed by atoms with van der Waals surface area (Å²) < 4.78 is 24.2. The van der Waals surface area contributed by atoms with Crippen LogP contribution in [0.3, 0.4) is 0 Å². The Balaban J connectivity index is 2.60. The highest BCUT2D eigenvalue weighted by Crippen LogP contribution is 2.11. The van der Waals surface area contributed by atoms with Crippen LogP contribution in [0.15, 0.2) is 5.16 Å². The first-order chi connectivity index (χ1) is 6.10. The summed E-state index contributed by atoms with van der Waals surface area (Å²) in [6, 6.07) is 0. The van der Waals surface area contributed by atoms with E-state index >= 15 is 0 Å². The molecule has 0 aromatic carbocycles. The van der Waals surface area contributed by atoms with Crippen molar-refractivity contribution in [2.24, 2.45) is 5.16 Å². The van der Waals surface area contributed by atoms with Gasteiger partial charge in [0.25, 0.3) is 0 Å². The SMILES string of the molecule is CCS(=O)(=O)N1CCC(=NO)CC1. The molecule has 0 bridgehead atoms. The molecule has 0 aliphatic carbocycles. The molecule has 1 fully saturated rings. The van der Waals surface area contributed by atoms with Crippen LogP contribution in [0.25, 0.3) is 0 Å². The van der Waals surface area contributed by atoms with E-state index in [4.69, 9.17) is 5.21 Å². The minimum Gasteiger partial charge on any atom is -0.411 e. The van der Waals surface area contributed by atoms with Crippen LogP contribution in [0, 0.1) is 0 Å². The molecule has 1 heterocycles. The van der Waals surface area contributed by atoms with Crippen molar-refractivity contribution >= 4 is 15.7 Å². The molecule has 0 saturated carbocycles. The number of hydrogen-bond acceptors (Lipinski definition) is 4. The quantitative estimate of drug-likeness (QED) is 0.520. The van der Waals surface area contributed by atoms with Gasteiger partial charge in [0.15, 0.2) is 0 Å². The van der Waals surface area contributed by atoms with Crippen LogP contribution in [0.5, 0.6) is 0 Å². The van der Waals surface area contributed by atoms with Gasteiger partial charge in [-0.1, -0.05) is 5.16 Å². The molecule has 1 rings (SSSR count). The first-order valence-electron chi connectivity index (χ1n) is 4.27. The molecule has 0 aromatic rings. The summed E-state index contributed by atoms with van der Waals surface area (Å²) in [6.07, 6.45) is 1.07. The van der Waals surface area contributed by atoms with Crippen LogP contribution >= 0.6 is 0 Å². The van der Waals surface area contributed by atoms with E-state index in [0.717, 1.165) is 0 Å². The van der Waals surface area contributed by atoms with E-state index in [-0.39, 0.29) is 5.75 Å². The van der Waals surface area contributed by atoms with Gasteiger partial charge in [0.05, 0.1) is 11.5 Å². The lowest BCUT2D eigenvalue weighted by atomic mass is 10.1. The van der Waals surface area contributed by atoms with Gasteiger partial charge >= 0.3 is 0 Å². The number of piperidine rings is 1. The second-order valence-electron chi connectivity index (χ2n) is 2.97. The molecule has 0 radical (unpaired) electrons. The van der Waals surface area contributed by atoms with Gasteiger partial charge in [-0.2, -0.15) is 0 Å². The number of rotatable bonds is 2. The first kappa shape index (κ1) is 10.5. The van der Waals surface area contributed by atoms with Gasteiger partial charge in [0.2, 0.25) is 10.0 Å². The molecule has 0 unspecified atom stereocenters. The Morgan fingerprint density at radius 2 is 2.00 bits per heavy atom. The maximum absolute atomic E-state index is 11.4. The predicted molar refractivity (Wildman–Crippen MR) is 49.5 cm³/mol. The largest absolute Gasteiger partial charge is 0.411 e. The Morgan fingerprint density at radius 1 is 1.46 bits per heavy atom. The second kappa shape index (κ2) is 4.06. The lowest BCUT2D eigenvalue weighted by Gasteiger charge is -2.25. The summed E-state index contributed by atoms with van der Waals surface area (Å²) in [5, 5.41) is 11.5. The Kier molecular flexibility index (Phi) is 3.27.